The van der Waals surface area contributed by atoms with Gasteiger partial charge in [0.1, 0.15) is 21.9 Å². The summed E-state index contributed by atoms with van der Waals surface area (Å²) in [5.74, 6) is 0.717. The smallest absolute Gasteiger partial charge is 0.348 e. The average molecular weight is 411 g/mol. The molecule has 6 nitrogen and oxygen atoms in total. The van der Waals surface area contributed by atoms with E-state index in [0.717, 1.165) is 34.6 Å². The van der Waals surface area contributed by atoms with Gasteiger partial charge in [0.25, 0.3) is 0 Å². The number of aryl methyl sites for hydroxylation is 1. The minimum atomic E-state index is -0.292. The lowest BCUT2D eigenvalue weighted by Gasteiger charge is -2.18. The van der Waals surface area contributed by atoms with Gasteiger partial charge in [0, 0.05) is 24.5 Å². The third-order valence-corrected chi connectivity index (χ3v) is 6.24. The van der Waals surface area contributed by atoms with Gasteiger partial charge in [-0.2, -0.15) is 0 Å². The molecule has 0 atom stereocenters. The summed E-state index contributed by atoms with van der Waals surface area (Å²) in [6, 6.07) is 8.42. The number of benzene rings is 1. The standard InChI is InChI=1S/C22H26N4O2S/c1-14(2)12-28-22(27)19-15(3)18-20(23-13-24-21(18)29-19)25-16-6-8-17(9-7-16)26-10-4-5-11-26/h6-9,13-14H,4-5,10-12H2,1-3H3,(H,23,24,25). The molecule has 4 rings (SSSR count). The van der Waals surface area contributed by atoms with Crippen LogP contribution in [0.3, 0.4) is 0 Å². The summed E-state index contributed by atoms with van der Waals surface area (Å²) in [7, 11) is 0. The first kappa shape index (κ1) is 19.6. The molecule has 0 bridgehead atoms. The predicted molar refractivity (Wildman–Crippen MR) is 118 cm³/mol. The Hall–Kier alpha value is -2.67. The maximum atomic E-state index is 12.5. The normalized spacial score (nSPS) is 14.0. The first-order chi connectivity index (χ1) is 14.0. The number of aromatic nitrogens is 2. The number of hydrogen-bond donors (Lipinski definition) is 1. The first-order valence-electron chi connectivity index (χ1n) is 10.1. The summed E-state index contributed by atoms with van der Waals surface area (Å²) in [4.78, 5) is 25.1. The number of anilines is 3. The van der Waals surface area contributed by atoms with Crippen molar-refractivity contribution in [3.05, 3.63) is 41.0 Å². The highest BCUT2D eigenvalue weighted by atomic mass is 32.1. The Bertz CT molecular complexity index is 1010. The molecule has 0 radical (unpaired) electrons. The second kappa shape index (κ2) is 8.37. The maximum Gasteiger partial charge on any atom is 0.348 e. The molecule has 152 valence electrons. The fraction of sp³-hybridized carbons (Fsp3) is 0.409. The third-order valence-electron chi connectivity index (χ3n) is 5.06. The second-order valence-electron chi connectivity index (χ2n) is 7.82. The molecule has 1 N–H and O–H groups in total. The number of esters is 1. The molecule has 0 saturated carbocycles. The highest BCUT2D eigenvalue weighted by Crippen LogP contribution is 2.35. The Morgan fingerprint density at radius 2 is 1.93 bits per heavy atom. The van der Waals surface area contributed by atoms with E-state index in [1.165, 1.54) is 36.2 Å². The minimum Gasteiger partial charge on any atom is -0.461 e. The van der Waals surface area contributed by atoms with Crippen molar-refractivity contribution in [2.45, 2.75) is 33.6 Å². The summed E-state index contributed by atoms with van der Waals surface area (Å²) in [6.45, 7) is 8.63. The fourth-order valence-electron chi connectivity index (χ4n) is 3.54. The zero-order chi connectivity index (χ0) is 20.4. The number of fused-ring (bicyclic) bond motifs is 1. The van der Waals surface area contributed by atoms with Gasteiger partial charge in [-0.05, 0) is 55.5 Å². The SMILES string of the molecule is Cc1c(C(=O)OCC(C)C)sc2ncnc(Nc3ccc(N4CCCC4)cc3)c12. The van der Waals surface area contributed by atoms with E-state index in [-0.39, 0.29) is 5.97 Å². The molecule has 0 aliphatic carbocycles. The van der Waals surface area contributed by atoms with Crippen LogP contribution in [-0.4, -0.2) is 35.6 Å². The summed E-state index contributed by atoms with van der Waals surface area (Å²) >= 11 is 1.36. The highest BCUT2D eigenvalue weighted by molar-refractivity contribution is 7.20. The summed E-state index contributed by atoms with van der Waals surface area (Å²) < 4.78 is 5.42. The van der Waals surface area contributed by atoms with Gasteiger partial charge in [-0.1, -0.05) is 13.8 Å². The van der Waals surface area contributed by atoms with Crippen LogP contribution in [0.1, 0.15) is 41.9 Å². The van der Waals surface area contributed by atoms with Gasteiger partial charge in [0.2, 0.25) is 0 Å². The van der Waals surface area contributed by atoms with E-state index in [4.69, 9.17) is 4.74 Å². The number of carbonyl (C=O) groups is 1. The number of rotatable bonds is 6. The molecule has 1 saturated heterocycles. The van der Waals surface area contributed by atoms with Crippen LogP contribution >= 0.6 is 11.3 Å². The van der Waals surface area contributed by atoms with E-state index in [9.17, 15) is 4.79 Å². The Morgan fingerprint density at radius 3 is 2.62 bits per heavy atom. The number of carbonyl (C=O) groups excluding carboxylic acids is 1. The zero-order valence-electron chi connectivity index (χ0n) is 17.1. The van der Waals surface area contributed by atoms with E-state index in [2.05, 4.69) is 44.5 Å². The van der Waals surface area contributed by atoms with Crippen LogP contribution in [0.5, 0.6) is 0 Å². The van der Waals surface area contributed by atoms with Gasteiger partial charge in [-0.15, -0.1) is 11.3 Å². The van der Waals surface area contributed by atoms with Crippen LogP contribution in [0.15, 0.2) is 30.6 Å². The topological polar surface area (TPSA) is 67.3 Å². The van der Waals surface area contributed by atoms with Crippen molar-refractivity contribution < 1.29 is 9.53 Å². The monoisotopic (exact) mass is 410 g/mol. The van der Waals surface area contributed by atoms with Crippen molar-refractivity contribution in [1.29, 1.82) is 0 Å². The lowest BCUT2D eigenvalue weighted by Crippen LogP contribution is -2.17. The van der Waals surface area contributed by atoms with Gasteiger partial charge in [-0.3, -0.25) is 0 Å². The molecular weight excluding hydrogens is 384 g/mol. The molecule has 0 unspecified atom stereocenters. The van der Waals surface area contributed by atoms with E-state index in [1.54, 1.807) is 0 Å². The summed E-state index contributed by atoms with van der Waals surface area (Å²) in [5, 5.41) is 4.27. The molecule has 2 aromatic heterocycles. The van der Waals surface area contributed by atoms with Gasteiger partial charge >= 0.3 is 5.97 Å². The number of thiophene rings is 1. The number of nitrogens with one attached hydrogen (secondary N) is 1. The Labute approximate surface area is 174 Å². The van der Waals surface area contributed by atoms with Crippen molar-refractivity contribution in [2.24, 2.45) is 5.92 Å². The average Bonchev–Trinajstić information content (AvgIpc) is 3.36. The van der Waals surface area contributed by atoms with E-state index in [1.807, 2.05) is 20.8 Å². The second-order valence-corrected chi connectivity index (χ2v) is 8.82. The number of nitrogens with zero attached hydrogens (tertiary/aromatic N) is 3. The lowest BCUT2D eigenvalue weighted by atomic mass is 10.2. The number of ether oxygens (including phenoxy) is 1. The van der Waals surface area contributed by atoms with E-state index < -0.39 is 0 Å². The van der Waals surface area contributed by atoms with Crippen molar-refractivity contribution in [3.63, 3.8) is 0 Å². The molecule has 1 aromatic carbocycles. The molecule has 1 fully saturated rings. The van der Waals surface area contributed by atoms with Crippen molar-refractivity contribution in [3.8, 4) is 0 Å². The van der Waals surface area contributed by atoms with Gasteiger partial charge in [-0.25, -0.2) is 14.8 Å². The number of hydrogen-bond acceptors (Lipinski definition) is 7. The van der Waals surface area contributed by atoms with Crippen molar-refractivity contribution in [2.75, 3.05) is 29.9 Å². The third kappa shape index (κ3) is 4.19. The molecule has 0 spiro atoms. The highest BCUT2D eigenvalue weighted by Gasteiger charge is 2.21. The molecule has 7 heteroatoms. The van der Waals surface area contributed by atoms with E-state index >= 15 is 0 Å². The Kier molecular flexibility index (Phi) is 5.67. The van der Waals surface area contributed by atoms with Crippen LogP contribution in [-0.2, 0) is 4.74 Å². The summed E-state index contributed by atoms with van der Waals surface area (Å²) in [6.07, 6.45) is 4.05. The molecule has 3 heterocycles. The van der Waals surface area contributed by atoms with Crippen LogP contribution in [0.2, 0.25) is 0 Å². The summed E-state index contributed by atoms with van der Waals surface area (Å²) in [5.41, 5.74) is 3.07. The van der Waals surface area contributed by atoms with Gasteiger partial charge in [0.15, 0.2) is 0 Å². The lowest BCUT2D eigenvalue weighted by molar-refractivity contribution is 0.0464. The first-order valence-corrected chi connectivity index (χ1v) is 10.9. The molecule has 29 heavy (non-hydrogen) atoms. The van der Waals surface area contributed by atoms with E-state index in [0.29, 0.717) is 23.2 Å². The molecule has 1 aliphatic rings. The predicted octanol–water partition coefficient (Wildman–Crippen LogP) is 5.16. The van der Waals surface area contributed by atoms with Crippen molar-refractivity contribution in [1.82, 2.24) is 9.97 Å². The molecule has 0 amide bonds. The van der Waals surface area contributed by atoms with Crippen molar-refractivity contribution >= 4 is 44.7 Å². The molecule has 3 aromatic rings. The zero-order valence-corrected chi connectivity index (χ0v) is 17.9. The van der Waals surface area contributed by atoms with Gasteiger partial charge in [0.05, 0.1) is 12.0 Å². The molecular formula is C22H26N4O2S. The molecule has 1 aliphatic heterocycles. The Morgan fingerprint density at radius 1 is 1.21 bits per heavy atom. The van der Waals surface area contributed by atoms with Crippen LogP contribution in [0.4, 0.5) is 17.2 Å². The largest absolute Gasteiger partial charge is 0.461 e. The maximum absolute atomic E-state index is 12.5. The van der Waals surface area contributed by atoms with Crippen LogP contribution in [0.25, 0.3) is 10.2 Å². The fourth-order valence-corrected chi connectivity index (χ4v) is 4.58. The van der Waals surface area contributed by atoms with Gasteiger partial charge < -0.3 is 15.0 Å². The minimum absolute atomic E-state index is 0.292. The Balaban J connectivity index is 1.58. The van der Waals surface area contributed by atoms with Crippen LogP contribution < -0.4 is 10.2 Å². The quantitative estimate of drug-likeness (QED) is 0.567. The van der Waals surface area contributed by atoms with Crippen LogP contribution in [0, 0.1) is 12.8 Å².